The fraction of sp³-hybridized carbons (Fsp3) is 0.333. The summed E-state index contributed by atoms with van der Waals surface area (Å²) in [6.45, 7) is 12.9. The summed E-state index contributed by atoms with van der Waals surface area (Å²) < 4.78 is 1.92. The van der Waals surface area contributed by atoms with Crippen LogP contribution in [-0.2, 0) is 0 Å². The minimum atomic E-state index is -0.918. The number of halogens is 1. The molecule has 0 fully saturated rings. The van der Waals surface area contributed by atoms with Crippen molar-refractivity contribution in [3.63, 3.8) is 0 Å². The topological polar surface area (TPSA) is 65.9 Å². The molecule has 0 radical (unpaired) electrons. The molecule has 22 heavy (non-hydrogen) atoms. The van der Waals surface area contributed by atoms with Gasteiger partial charge in [0.05, 0.1) is 0 Å². The standard InChI is InChI=1S/C10H15BrN4OS.C5H8/c1-4-15-8(13-14-10(15)17)9(16)12-7(3)6(2)5-11;1-3-5-4-2/h4-5,7,9,12,16H,1H2,2-3H3,(H,14,17);3-5H,1H2,2H3/b6-5+;5-4-. The first-order chi connectivity index (χ1) is 10.4. The van der Waals surface area contributed by atoms with E-state index in [4.69, 9.17) is 12.2 Å². The molecule has 0 aliphatic rings. The summed E-state index contributed by atoms with van der Waals surface area (Å²) in [5.41, 5.74) is 1.06. The normalized spacial score (nSPS) is 14.1. The molecule has 1 aromatic rings. The van der Waals surface area contributed by atoms with Gasteiger partial charge in [0.2, 0.25) is 0 Å². The van der Waals surface area contributed by atoms with Gasteiger partial charge in [-0.15, -0.1) is 0 Å². The number of H-pyrrole nitrogens is 1. The minimum absolute atomic E-state index is 0.00733. The van der Waals surface area contributed by atoms with Gasteiger partial charge in [-0.2, -0.15) is 5.10 Å². The van der Waals surface area contributed by atoms with Crippen LogP contribution in [0.2, 0.25) is 0 Å². The number of allylic oxidation sites excluding steroid dienone is 3. The van der Waals surface area contributed by atoms with Crippen LogP contribution in [-0.4, -0.2) is 25.9 Å². The van der Waals surface area contributed by atoms with Crippen molar-refractivity contribution in [2.24, 2.45) is 0 Å². The van der Waals surface area contributed by atoms with Crippen molar-refractivity contribution in [1.29, 1.82) is 0 Å². The molecule has 0 saturated heterocycles. The van der Waals surface area contributed by atoms with E-state index in [-0.39, 0.29) is 6.04 Å². The van der Waals surface area contributed by atoms with E-state index in [1.165, 1.54) is 10.8 Å². The van der Waals surface area contributed by atoms with E-state index in [1.54, 1.807) is 6.08 Å². The highest BCUT2D eigenvalue weighted by Crippen LogP contribution is 2.12. The molecule has 7 heteroatoms. The molecule has 0 saturated carbocycles. The van der Waals surface area contributed by atoms with Crippen LogP contribution < -0.4 is 5.32 Å². The monoisotopic (exact) mass is 386 g/mol. The number of aliphatic hydroxyl groups is 1. The van der Waals surface area contributed by atoms with Gasteiger partial charge in [0.1, 0.15) is 0 Å². The molecule has 0 aliphatic carbocycles. The predicted molar refractivity (Wildman–Crippen MR) is 99.1 cm³/mol. The van der Waals surface area contributed by atoms with Crippen LogP contribution in [0, 0.1) is 4.77 Å². The summed E-state index contributed by atoms with van der Waals surface area (Å²) in [4.78, 5) is 1.81. The van der Waals surface area contributed by atoms with Crippen LogP contribution in [0.5, 0.6) is 0 Å². The second kappa shape index (κ2) is 11.3. The van der Waals surface area contributed by atoms with E-state index >= 15 is 0 Å². The number of rotatable bonds is 6. The molecule has 0 bridgehead atoms. The average molecular weight is 387 g/mol. The van der Waals surface area contributed by atoms with Crippen molar-refractivity contribution >= 4 is 34.3 Å². The Bertz CT molecular complexity index is 589. The second-order valence-corrected chi connectivity index (χ2v) is 5.19. The Morgan fingerprint density at radius 3 is 2.59 bits per heavy atom. The van der Waals surface area contributed by atoms with Crippen molar-refractivity contribution in [2.45, 2.75) is 33.0 Å². The molecular formula is C15H23BrN4OS. The number of nitrogens with zero attached hydrogens (tertiary/aromatic N) is 2. The van der Waals surface area contributed by atoms with E-state index in [2.05, 4.69) is 44.6 Å². The van der Waals surface area contributed by atoms with Gasteiger partial charge in [0.15, 0.2) is 16.8 Å². The number of aliphatic hydroxyl groups excluding tert-OH is 1. The Balaban J connectivity index is 0.000000763. The summed E-state index contributed by atoms with van der Waals surface area (Å²) in [5.74, 6) is 0.388. The molecule has 0 amide bonds. The molecule has 122 valence electrons. The highest BCUT2D eigenvalue weighted by atomic mass is 79.9. The van der Waals surface area contributed by atoms with Crippen molar-refractivity contribution in [2.75, 3.05) is 0 Å². The first kappa shape index (κ1) is 20.7. The average Bonchev–Trinajstić information content (AvgIpc) is 2.88. The number of hydrogen-bond donors (Lipinski definition) is 3. The van der Waals surface area contributed by atoms with Crippen molar-refractivity contribution < 1.29 is 5.11 Å². The van der Waals surface area contributed by atoms with Gasteiger partial charge in [-0.25, -0.2) is 0 Å². The van der Waals surface area contributed by atoms with Gasteiger partial charge in [0.25, 0.3) is 0 Å². The van der Waals surface area contributed by atoms with Gasteiger partial charge in [-0.1, -0.05) is 47.3 Å². The van der Waals surface area contributed by atoms with E-state index in [9.17, 15) is 5.11 Å². The fourth-order valence-corrected chi connectivity index (χ4v) is 1.97. The van der Waals surface area contributed by atoms with Gasteiger partial charge >= 0.3 is 0 Å². The van der Waals surface area contributed by atoms with E-state index in [0.29, 0.717) is 10.6 Å². The van der Waals surface area contributed by atoms with E-state index in [1.807, 2.05) is 37.9 Å². The molecule has 0 aliphatic heterocycles. The lowest BCUT2D eigenvalue weighted by Gasteiger charge is -2.18. The zero-order valence-electron chi connectivity index (χ0n) is 13.1. The van der Waals surface area contributed by atoms with Crippen molar-refractivity contribution in [3.8, 4) is 0 Å². The number of nitrogens with one attached hydrogen (secondary N) is 2. The molecule has 1 heterocycles. The van der Waals surface area contributed by atoms with Crippen LogP contribution in [0.1, 0.15) is 32.8 Å². The van der Waals surface area contributed by atoms with Crippen LogP contribution in [0.15, 0.2) is 41.9 Å². The maximum atomic E-state index is 10.0. The van der Waals surface area contributed by atoms with Crippen LogP contribution in [0.4, 0.5) is 0 Å². The number of aromatic amines is 1. The molecule has 5 nitrogen and oxygen atoms in total. The Morgan fingerprint density at radius 2 is 2.18 bits per heavy atom. The SMILES string of the molecule is C=C/C=C\C.C=Cn1c(C(O)NC(C)/C(C)=C/Br)n[nH]c1=S. The Labute approximate surface area is 145 Å². The van der Waals surface area contributed by atoms with E-state index < -0.39 is 6.23 Å². The van der Waals surface area contributed by atoms with Gasteiger partial charge < -0.3 is 5.11 Å². The predicted octanol–water partition coefficient (Wildman–Crippen LogP) is 4.06. The number of aromatic nitrogens is 3. The third kappa shape index (κ3) is 6.65. The number of hydrogen-bond acceptors (Lipinski definition) is 4. The lowest BCUT2D eigenvalue weighted by atomic mass is 10.2. The van der Waals surface area contributed by atoms with Crippen molar-refractivity contribution in [3.05, 3.63) is 52.5 Å². The zero-order chi connectivity index (χ0) is 17.1. The highest BCUT2D eigenvalue weighted by molar-refractivity contribution is 9.11. The molecular weight excluding hydrogens is 364 g/mol. The third-order valence-electron chi connectivity index (χ3n) is 2.75. The minimum Gasteiger partial charge on any atom is -0.371 e. The zero-order valence-corrected chi connectivity index (χ0v) is 15.5. The quantitative estimate of drug-likeness (QED) is 0.391. The Kier molecular flexibility index (Phi) is 10.7. The molecule has 3 N–H and O–H groups in total. The van der Waals surface area contributed by atoms with Crippen molar-refractivity contribution in [1.82, 2.24) is 20.1 Å². The van der Waals surface area contributed by atoms with Gasteiger partial charge in [0, 0.05) is 12.2 Å². The van der Waals surface area contributed by atoms with Crippen LogP contribution in [0.25, 0.3) is 6.20 Å². The van der Waals surface area contributed by atoms with Gasteiger partial charge in [-0.3, -0.25) is 15.0 Å². The molecule has 1 rings (SSSR count). The lowest BCUT2D eigenvalue weighted by Crippen LogP contribution is -2.32. The summed E-state index contributed by atoms with van der Waals surface area (Å²) in [5, 5.41) is 19.6. The van der Waals surface area contributed by atoms with Crippen LogP contribution >= 0.6 is 28.1 Å². The first-order valence-corrected chi connectivity index (χ1v) is 7.99. The molecule has 1 aromatic heterocycles. The molecule has 0 spiro atoms. The molecule has 2 atom stereocenters. The summed E-state index contributed by atoms with van der Waals surface area (Å²) in [6.07, 6.45) is 6.16. The summed E-state index contributed by atoms with van der Waals surface area (Å²) in [6, 6.07) is 0.00733. The summed E-state index contributed by atoms with van der Waals surface area (Å²) in [7, 11) is 0. The first-order valence-electron chi connectivity index (χ1n) is 6.66. The highest BCUT2D eigenvalue weighted by Gasteiger charge is 2.17. The maximum absolute atomic E-state index is 10.0. The fourth-order valence-electron chi connectivity index (χ4n) is 1.36. The largest absolute Gasteiger partial charge is 0.371 e. The van der Waals surface area contributed by atoms with Crippen LogP contribution in [0.3, 0.4) is 0 Å². The third-order valence-corrected chi connectivity index (χ3v) is 3.76. The second-order valence-electron chi connectivity index (χ2n) is 4.35. The maximum Gasteiger partial charge on any atom is 0.199 e. The Hall–Kier alpha value is -1.28. The summed E-state index contributed by atoms with van der Waals surface area (Å²) >= 11 is 8.25. The smallest absolute Gasteiger partial charge is 0.199 e. The van der Waals surface area contributed by atoms with Gasteiger partial charge in [-0.05, 0) is 43.5 Å². The Morgan fingerprint density at radius 1 is 1.55 bits per heavy atom. The lowest BCUT2D eigenvalue weighted by molar-refractivity contribution is 0.120. The van der Waals surface area contributed by atoms with E-state index in [0.717, 1.165) is 5.57 Å². The molecule has 0 aromatic carbocycles. The molecule has 2 unspecified atom stereocenters.